The first-order chi connectivity index (χ1) is 12.8. The zero-order valence-electron chi connectivity index (χ0n) is 16.0. The molecule has 2 aromatic rings. The van der Waals surface area contributed by atoms with Gasteiger partial charge >= 0.3 is 0 Å². The summed E-state index contributed by atoms with van der Waals surface area (Å²) in [5, 5.41) is 2.14. The summed E-state index contributed by atoms with van der Waals surface area (Å²) < 4.78 is 25.6. The maximum absolute atomic E-state index is 11.5. The number of likely N-dealkylation sites (tertiary alicyclic amines) is 1. The first kappa shape index (κ1) is 18.7. The van der Waals surface area contributed by atoms with Crippen LogP contribution in [-0.4, -0.2) is 39.2 Å². The zero-order chi connectivity index (χ0) is 19.2. The van der Waals surface area contributed by atoms with Gasteiger partial charge in [0.25, 0.3) is 0 Å². The van der Waals surface area contributed by atoms with E-state index in [0.717, 1.165) is 19.6 Å². The van der Waals surface area contributed by atoms with Crippen molar-refractivity contribution in [2.75, 3.05) is 30.6 Å². The molecular formula is C21H26N2O2S2. The summed E-state index contributed by atoms with van der Waals surface area (Å²) >= 11 is 1.79. The van der Waals surface area contributed by atoms with Gasteiger partial charge in [-0.15, -0.1) is 11.3 Å². The molecule has 1 saturated carbocycles. The van der Waals surface area contributed by atoms with Gasteiger partial charge in [0.05, 0.1) is 6.26 Å². The van der Waals surface area contributed by atoms with Crippen molar-refractivity contribution in [1.29, 1.82) is 0 Å². The van der Waals surface area contributed by atoms with Gasteiger partial charge in [0, 0.05) is 35.6 Å². The molecular weight excluding hydrogens is 376 g/mol. The van der Waals surface area contributed by atoms with Crippen LogP contribution in [0.4, 0.5) is 5.69 Å². The first-order valence-corrected chi connectivity index (χ1v) is 12.1. The smallest absolute Gasteiger partial charge is 0.229 e. The van der Waals surface area contributed by atoms with Crippen LogP contribution < -0.4 is 4.72 Å². The van der Waals surface area contributed by atoms with Gasteiger partial charge < -0.3 is 0 Å². The van der Waals surface area contributed by atoms with Gasteiger partial charge in [-0.3, -0.25) is 9.62 Å². The number of hydrogen-bond donors (Lipinski definition) is 1. The van der Waals surface area contributed by atoms with Crippen molar-refractivity contribution < 1.29 is 8.42 Å². The number of sulfonamides is 1. The predicted molar refractivity (Wildman–Crippen MR) is 114 cm³/mol. The Morgan fingerprint density at radius 3 is 2.67 bits per heavy atom. The number of nitrogens with zero attached hydrogens (tertiary/aromatic N) is 1. The first-order valence-electron chi connectivity index (χ1n) is 9.29. The van der Waals surface area contributed by atoms with E-state index in [1.165, 1.54) is 22.3 Å². The average Bonchev–Trinajstić information content (AvgIpc) is 2.97. The molecule has 4 nitrogen and oxygen atoms in total. The van der Waals surface area contributed by atoms with Crippen LogP contribution >= 0.6 is 11.3 Å². The Morgan fingerprint density at radius 2 is 2.04 bits per heavy atom. The number of fused-ring (bicyclic) bond motifs is 1. The molecule has 6 heteroatoms. The number of anilines is 1. The molecule has 2 aliphatic rings. The molecule has 144 valence electrons. The molecule has 1 aliphatic carbocycles. The molecule has 0 bridgehead atoms. The Hall–Kier alpha value is -1.63. The third-order valence-electron chi connectivity index (χ3n) is 6.15. The van der Waals surface area contributed by atoms with Gasteiger partial charge in [-0.05, 0) is 59.5 Å². The number of hydrogen-bond acceptors (Lipinski definition) is 4. The van der Waals surface area contributed by atoms with Crippen molar-refractivity contribution >= 4 is 33.1 Å². The fourth-order valence-corrected chi connectivity index (χ4v) is 5.94. The molecule has 1 aliphatic heterocycles. The lowest BCUT2D eigenvalue weighted by molar-refractivity contribution is 0.305. The van der Waals surface area contributed by atoms with Gasteiger partial charge in [0.1, 0.15) is 0 Å². The lowest BCUT2D eigenvalue weighted by atomic mass is 9.92. The van der Waals surface area contributed by atoms with Crippen LogP contribution in [0.2, 0.25) is 0 Å². The maximum Gasteiger partial charge on any atom is 0.229 e. The second-order valence-corrected chi connectivity index (χ2v) is 10.7. The fraction of sp³-hybridized carbons (Fsp3) is 0.429. The molecule has 1 aromatic heterocycles. The minimum atomic E-state index is -3.24. The number of piperidine rings is 1. The predicted octanol–water partition coefficient (Wildman–Crippen LogP) is 3.96. The largest absolute Gasteiger partial charge is 0.299 e. The molecule has 27 heavy (non-hydrogen) atoms. The third kappa shape index (κ3) is 3.71. The van der Waals surface area contributed by atoms with E-state index >= 15 is 0 Å². The zero-order valence-corrected chi connectivity index (χ0v) is 17.6. The van der Waals surface area contributed by atoms with Crippen molar-refractivity contribution in [2.24, 2.45) is 11.8 Å². The minimum Gasteiger partial charge on any atom is -0.299 e. The molecule has 4 rings (SSSR count). The van der Waals surface area contributed by atoms with E-state index in [4.69, 9.17) is 0 Å². The third-order valence-corrected chi connectivity index (χ3v) is 7.74. The van der Waals surface area contributed by atoms with Gasteiger partial charge in [-0.2, -0.15) is 0 Å². The summed E-state index contributed by atoms with van der Waals surface area (Å²) in [5.41, 5.74) is 3.42. The van der Waals surface area contributed by atoms with Crippen LogP contribution in [0.5, 0.6) is 0 Å². The number of nitrogens with one attached hydrogen (secondary N) is 1. The maximum atomic E-state index is 11.5. The van der Waals surface area contributed by atoms with E-state index in [1.807, 2.05) is 18.2 Å². The van der Waals surface area contributed by atoms with Crippen LogP contribution in [0.3, 0.4) is 0 Å². The van der Waals surface area contributed by atoms with E-state index in [1.54, 1.807) is 11.3 Å². The van der Waals surface area contributed by atoms with Gasteiger partial charge in [-0.1, -0.05) is 25.1 Å². The summed E-state index contributed by atoms with van der Waals surface area (Å²) in [4.78, 5) is 3.87. The quantitative estimate of drug-likeness (QED) is 0.796. The molecule has 0 spiro atoms. The van der Waals surface area contributed by atoms with E-state index in [9.17, 15) is 8.42 Å². The molecule has 2 unspecified atom stereocenters. The SMILES string of the molecule is Cc1ccsc1C=CCN1CC2C(C1)C2(C)c1cccc(NS(C)(=O)=O)c1. The van der Waals surface area contributed by atoms with Crippen LogP contribution in [0.25, 0.3) is 6.08 Å². The van der Waals surface area contributed by atoms with E-state index in [0.29, 0.717) is 17.5 Å². The second-order valence-electron chi connectivity index (χ2n) is 8.04. The Bertz CT molecular complexity index is 966. The van der Waals surface area contributed by atoms with E-state index < -0.39 is 10.0 Å². The van der Waals surface area contributed by atoms with Crippen molar-refractivity contribution in [3.8, 4) is 0 Å². The van der Waals surface area contributed by atoms with Crippen molar-refractivity contribution in [3.63, 3.8) is 0 Å². The Balaban J connectivity index is 1.38. The average molecular weight is 403 g/mol. The lowest BCUT2D eigenvalue weighted by Crippen LogP contribution is -2.29. The van der Waals surface area contributed by atoms with Gasteiger partial charge in [0.15, 0.2) is 0 Å². The Labute approximate surface area is 166 Å². The van der Waals surface area contributed by atoms with E-state index in [2.05, 4.69) is 53.1 Å². The summed E-state index contributed by atoms with van der Waals surface area (Å²) in [6.07, 6.45) is 5.71. The summed E-state index contributed by atoms with van der Waals surface area (Å²) in [5.74, 6) is 1.31. The Kier molecular flexibility index (Phi) is 4.69. The molecule has 0 amide bonds. The molecule has 2 heterocycles. The highest BCUT2D eigenvalue weighted by Gasteiger charge is 2.65. The summed E-state index contributed by atoms with van der Waals surface area (Å²) in [6.45, 7) is 7.69. The molecule has 2 fully saturated rings. The molecule has 0 radical (unpaired) electrons. The van der Waals surface area contributed by atoms with Crippen molar-refractivity contribution in [1.82, 2.24) is 4.90 Å². The van der Waals surface area contributed by atoms with Crippen molar-refractivity contribution in [2.45, 2.75) is 19.3 Å². The Morgan fingerprint density at radius 1 is 1.30 bits per heavy atom. The molecule has 1 N–H and O–H groups in total. The number of thiophene rings is 1. The van der Waals surface area contributed by atoms with Crippen LogP contribution in [0.15, 0.2) is 41.8 Å². The highest BCUT2D eigenvalue weighted by Crippen LogP contribution is 2.63. The molecule has 2 atom stereocenters. The second kappa shape index (κ2) is 6.76. The standard InChI is InChI=1S/C21H26N2O2S2/c1-15-9-11-26-20(15)8-5-10-23-13-18-19(14-23)21(18,2)16-6-4-7-17(12-16)22-27(3,24)25/h4-9,11-12,18-19,22H,10,13-14H2,1-3H3. The number of rotatable bonds is 6. The van der Waals surface area contributed by atoms with Gasteiger partial charge in [0.2, 0.25) is 10.0 Å². The minimum absolute atomic E-state index is 0.166. The highest BCUT2D eigenvalue weighted by molar-refractivity contribution is 7.92. The topological polar surface area (TPSA) is 49.4 Å². The van der Waals surface area contributed by atoms with Gasteiger partial charge in [-0.25, -0.2) is 8.42 Å². The van der Waals surface area contributed by atoms with E-state index in [-0.39, 0.29) is 5.41 Å². The summed E-state index contributed by atoms with van der Waals surface area (Å²) in [7, 11) is -3.24. The monoisotopic (exact) mass is 402 g/mol. The lowest BCUT2D eigenvalue weighted by Gasteiger charge is -2.23. The van der Waals surface area contributed by atoms with Crippen LogP contribution in [0, 0.1) is 18.8 Å². The highest BCUT2D eigenvalue weighted by atomic mass is 32.2. The molecule has 1 saturated heterocycles. The number of aryl methyl sites for hydroxylation is 1. The van der Waals surface area contributed by atoms with Crippen LogP contribution in [-0.2, 0) is 15.4 Å². The van der Waals surface area contributed by atoms with Crippen molar-refractivity contribution in [3.05, 3.63) is 57.8 Å². The summed E-state index contributed by atoms with van der Waals surface area (Å²) in [6, 6.07) is 10.1. The fourth-order valence-electron chi connectivity index (χ4n) is 4.54. The molecule has 1 aromatic carbocycles. The van der Waals surface area contributed by atoms with Crippen LogP contribution in [0.1, 0.15) is 22.9 Å². The normalized spacial score (nSPS) is 27.8. The number of benzene rings is 1.